The SMILES string of the molecule is Cc1noc(C)c1CN1CCN(c2ccc(S(N)(=O)=O)cc2C(F)(F)F)CC1. The zero-order valence-electron chi connectivity index (χ0n) is 15.5. The Hall–Kier alpha value is -2.11. The minimum absolute atomic E-state index is 0.0445. The molecule has 7 nitrogen and oxygen atoms in total. The van der Waals surface area contributed by atoms with E-state index in [1.54, 1.807) is 4.90 Å². The number of aromatic nitrogens is 1. The van der Waals surface area contributed by atoms with Crippen molar-refractivity contribution >= 4 is 15.7 Å². The van der Waals surface area contributed by atoms with Gasteiger partial charge in [-0.1, -0.05) is 5.16 Å². The van der Waals surface area contributed by atoms with E-state index in [1.165, 1.54) is 6.07 Å². The van der Waals surface area contributed by atoms with E-state index in [9.17, 15) is 21.6 Å². The van der Waals surface area contributed by atoms with Gasteiger partial charge in [-0.15, -0.1) is 0 Å². The quantitative estimate of drug-likeness (QED) is 0.819. The number of primary sulfonamides is 1. The smallest absolute Gasteiger partial charge is 0.368 e. The summed E-state index contributed by atoms with van der Waals surface area (Å²) in [5.41, 5.74) is 0.745. The Bertz CT molecular complexity index is 945. The van der Waals surface area contributed by atoms with Crippen LogP contribution in [0.1, 0.15) is 22.6 Å². The van der Waals surface area contributed by atoms with Gasteiger partial charge in [-0.05, 0) is 32.0 Å². The van der Waals surface area contributed by atoms with Crippen LogP contribution in [0.15, 0.2) is 27.6 Å². The summed E-state index contributed by atoms with van der Waals surface area (Å²) in [5.74, 6) is 0.734. The molecule has 0 aliphatic carbocycles. The number of piperazine rings is 1. The average molecular weight is 418 g/mol. The first-order chi connectivity index (χ1) is 13.0. The molecule has 0 unspecified atom stereocenters. The number of halogens is 3. The first-order valence-corrected chi connectivity index (χ1v) is 10.1. The van der Waals surface area contributed by atoms with Gasteiger partial charge in [0.2, 0.25) is 10.0 Å². The van der Waals surface area contributed by atoms with Crippen LogP contribution < -0.4 is 10.0 Å². The summed E-state index contributed by atoms with van der Waals surface area (Å²) < 4.78 is 68.5. The summed E-state index contributed by atoms with van der Waals surface area (Å²) in [6, 6.07) is 2.88. The van der Waals surface area contributed by atoms with Crippen molar-refractivity contribution in [2.24, 2.45) is 5.14 Å². The number of nitrogens with two attached hydrogens (primary N) is 1. The lowest BCUT2D eigenvalue weighted by molar-refractivity contribution is -0.137. The highest BCUT2D eigenvalue weighted by atomic mass is 32.2. The minimum atomic E-state index is -4.69. The lowest BCUT2D eigenvalue weighted by Crippen LogP contribution is -2.46. The molecule has 2 aromatic rings. The molecule has 1 fully saturated rings. The Labute approximate surface area is 160 Å². The molecular weight excluding hydrogens is 397 g/mol. The number of hydrogen-bond donors (Lipinski definition) is 1. The minimum Gasteiger partial charge on any atom is -0.368 e. The van der Waals surface area contributed by atoms with Crippen LogP contribution in [-0.2, 0) is 22.7 Å². The highest BCUT2D eigenvalue weighted by Crippen LogP contribution is 2.38. The van der Waals surface area contributed by atoms with E-state index >= 15 is 0 Å². The van der Waals surface area contributed by atoms with Gasteiger partial charge < -0.3 is 9.42 Å². The van der Waals surface area contributed by atoms with Crippen molar-refractivity contribution in [3.05, 3.63) is 40.8 Å². The number of benzene rings is 1. The van der Waals surface area contributed by atoms with Crippen molar-refractivity contribution in [3.8, 4) is 0 Å². The van der Waals surface area contributed by atoms with Gasteiger partial charge in [-0.2, -0.15) is 13.2 Å². The summed E-state index contributed by atoms with van der Waals surface area (Å²) in [6.45, 7) is 6.16. The molecule has 1 aromatic carbocycles. The van der Waals surface area contributed by atoms with Crippen molar-refractivity contribution in [3.63, 3.8) is 0 Å². The molecule has 11 heteroatoms. The van der Waals surface area contributed by atoms with Crippen LogP contribution in [0, 0.1) is 13.8 Å². The fraction of sp³-hybridized carbons (Fsp3) is 0.471. The molecule has 2 heterocycles. The van der Waals surface area contributed by atoms with Gasteiger partial charge in [-0.3, -0.25) is 4.90 Å². The molecule has 2 N–H and O–H groups in total. The Morgan fingerprint density at radius 1 is 1.18 bits per heavy atom. The first kappa shape index (κ1) is 20.6. The van der Waals surface area contributed by atoms with Crippen LogP contribution >= 0.6 is 0 Å². The Balaban J connectivity index is 1.78. The number of anilines is 1. The first-order valence-electron chi connectivity index (χ1n) is 8.60. The maximum atomic E-state index is 13.5. The van der Waals surface area contributed by atoms with Crippen LogP contribution in [0.5, 0.6) is 0 Å². The predicted molar refractivity (Wildman–Crippen MR) is 96.3 cm³/mol. The molecule has 3 rings (SSSR count). The molecule has 0 spiro atoms. The van der Waals surface area contributed by atoms with E-state index in [0.717, 1.165) is 23.1 Å². The summed E-state index contributed by atoms with van der Waals surface area (Å²) in [6.07, 6.45) is -4.69. The van der Waals surface area contributed by atoms with Gasteiger partial charge in [0.1, 0.15) is 5.76 Å². The molecule has 154 valence electrons. The summed E-state index contributed by atoms with van der Waals surface area (Å²) >= 11 is 0. The average Bonchev–Trinajstić information content (AvgIpc) is 2.92. The molecule has 0 amide bonds. The van der Waals surface area contributed by atoms with E-state index in [2.05, 4.69) is 10.1 Å². The zero-order valence-corrected chi connectivity index (χ0v) is 16.3. The zero-order chi connectivity index (χ0) is 20.7. The van der Waals surface area contributed by atoms with Crippen LogP contribution in [0.2, 0.25) is 0 Å². The molecule has 0 bridgehead atoms. The van der Waals surface area contributed by atoms with Crippen LogP contribution in [0.4, 0.5) is 18.9 Å². The monoisotopic (exact) mass is 418 g/mol. The molecule has 1 aliphatic rings. The topological polar surface area (TPSA) is 92.7 Å². The van der Waals surface area contributed by atoms with E-state index in [4.69, 9.17) is 9.66 Å². The maximum absolute atomic E-state index is 13.5. The second-order valence-corrected chi connectivity index (χ2v) is 8.35. The van der Waals surface area contributed by atoms with Crippen molar-refractivity contribution in [1.29, 1.82) is 0 Å². The fourth-order valence-electron chi connectivity index (χ4n) is 3.29. The predicted octanol–water partition coefficient (Wildman–Crippen LogP) is 2.28. The van der Waals surface area contributed by atoms with E-state index in [-0.39, 0.29) is 5.69 Å². The second kappa shape index (κ2) is 7.37. The maximum Gasteiger partial charge on any atom is 0.418 e. The van der Waals surface area contributed by atoms with Gasteiger partial charge in [0.25, 0.3) is 0 Å². The molecule has 28 heavy (non-hydrogen) atoms. The third kappa shape index (κ3) is 4.31. The number of sulfonamides is 1. The normalized spacial score (nSPS) is 16.6. The van der Waals surface area contributed by atoms with Crippen molar-refractivity contribution in [1.82, 2.24) is 10.1 Å². The van der Waals surface area contributed by atoms with Crippen LogP contribution in [0.3, 0.4) is 0 Å². The molecule has 0 radical (unpaired) electrons. The number of rotatable bonds is 4. The van der Waals surface area contributed by atoms with Gasteiger partial charge in [0.05, 0.1) is 16.2 Å². The number of nitrogens with zero attached hydrogens (tertiary/aromatic N) is 3. The van der Waals surface area contributed by atoms with E-state index < -0.39 is 26.7 Å². The standard InChI is InChI=1S/C17H21F3N4O3S/c1-11-14(12(2)27-22-11)10-23-5-7-24(8-6-23)16-4-3-13(28(21,25)26)9-15(16)17(18,19)20/h3-4,9H,5-8,10H2,1-2H3,(H2,21,25,26). The van der Waals surface area contributed by atoms with Gasteiger partial charge >= 0.3 is 6.18 Å². The lowest BCUT2D eigenvalue weighted by Gasteiger charge is -2.37. The molecule has 0 atom stereocenters. The Kier molecular flexibility index (Phi) is 5.43. The van der Waals surface area contributed by atoms with Crippen molar-refractivity contribution in [2.75, 3.05) is 31.1 Å². The third-order valence-corrected chi connectivity index (χ3v) is 5.79. The van der Waals surface area contributed by atoms with Gasteiger partial charge in [0.15, 0.2) is 0 Å². The molecule has 1 aromatic heterocycles. The molecule has 1 aliphatic heterocycles. The van der Waals surface area contributed by atoms with Crippen molar-refractivity contribution < 1.29 is 26.1 Å². The molecule has 0 saturated carbocycles. The summed E-state index contributed by atoms with van der Waals surface area (Å²) in [7, 11) is -4.22. The van der Waals surface area contributed by atoms with Crippen molar-refractivity contribution in [2.45, 2.75) is 31.5 Å². The Morgan fingerprint density at radius 2 is 1.82 bits per heavy atom. The summed E-state index contributed by atoms with van der Waals surface area (Å²) in [5, 5.41) is 8.89. The van der Waals surface area contributed by atoms with Crippen LogP contribution in [0.25, 0.3) is 0 Å². The van der Waals surface area contributed by atoms with E-state index in [0.29, 0.717) is 38.8 Å². The second-order valence-electron chi connectivity index (χ2n) is 6.79. The Morgan fingerprint density at radius 3 is 2.32 bits per heavy atom. The molecular formula is C17H21F3N4O3S. The fourth-order valence-corrected chi connectivity index (χ4v) is 3.83. The third-order valence-electron chi connectivity index (χ3n) is 4.88. The lowest BCUT2D eigenvalue weighted by atomic mass is 10.1. The van der Waals surface area contributed by atoms with Gasteiger partial charge in [-0.25, -0.2) is 13.6 Å². The highest BCUT2D eigenvalue weighted by Gasteiger charge is 2.36. The van der Waals surface area contributed by atoms with Crippen LogP contribution in [-0.4, -0.2) is 44.7 Å². The van der Waals surface area contributed by atoms with E-state index in [1.807, 2.05) is 13.8 Å². The number of alkyl halides is 3. The van der Waals surface area contributed by atoms with Gasteiger partial charge in [0, 0.05) is 44.0 Å². The largest absolute Gasteiger partial charge is 0.418 e. The highest BCUT2D eigenvalue weighted by molar-refractivity contribution is 7.89. The molecule has 1 saturated heterocycles. The summed E-state index contributed by atoms with van der Waals surface area (Å²) in [4.78, 5) is 3.18. The number of hydrogen-bond acceptors (Lipinski definition) is 6. The number of aryl methyl sites for hydroxylation is 2.